The first-order valence-electron chi connectivity index (χ1n) is 7.22. The second-order valence-electron chi connectivity index (χ2n) is 5.69. The van der Waals surface area contributed by atoms with Gasteiger partial charge in [0.2, 0.25) is 5.91 Å². The van der Waals surface area contributed by atoms with E-state index >= 15 is 0 Å². The molecule has 23 heavy (non-hydrogen) atoms. The lowest BCUT2D eigenvalue weighted by Gasteiger charge is -2.25. The first kappa shape index (κ1) is 18.2. The molecule has 0 saturated carbocycles. The zero-order valence-corrected chi connectivity index (χ0v) is 14.6. The molecule has 1 aromatic rings. The van der Waals surface area contributed by atoms with E-state index in [-0.39, 0.29) is 28.4 Å². The Labute approximate surface area is 139 Å². The second-order valence-corrected chi connectivity index (χ2v) is 9.21. The van der Waals surface area contributed by atoms with Crippen LogP contribution in [0.3, 0.4) is 0 Å². The highest BCUT2D eigenvalue weighted by Gasteiger charge is 2.29. The molecular formula is C15H19F2NO3S2. The first-order valence-corrected chi connectivity index (χ1v) is 10.1. The van der Waals surface area contributed by atoms with E-state index in [1.165, 1.54) is 22.7 Å². The third-order valence-corrected chi connectivity index (χ3v) is 7.30. The molecule has 1 fully saturated rings. The fourth-order valence-corrected chi connectivity index (χ4v) is 5.96. The summed E-state index contributed by atoms with van der Waals surface area (Å²) in [7, 11) is -1.36. The Hall–Kier alpha value is -1.15. The van der Waals surface area contributed by atoms with Gasteiger partial charge in [-0.25, -0.2) is 17.2 Å². The maximum atomic E-state index is 13.3. The van der Waals surface area contributed by atoms with Gasteiger partial charge in [-0.15, -0.1) is 11.8 Å². The highest BCUT2D eigenvalue weighted by molar-refractivity contribution is 8.02. The predicted molar refractivity (Wildman–Crippen MR) is 87.1 cm³/mol. The molecule has 4 nitrogen and oxygen atoms in total. The number of carbonyl (C=O) groups is 1. The fourth-order valence-electron chi connectivity index (χ4n) is 2.40. The maximum absolute atomic E-state index is 13.3. The summed E-state index contributed by atoms with van der Waals surface area (Å²) in [5, 5.41) is -0.0454. The van der Waals surface area contributed by atoms with E-state index in [1.54, 1.807) is 14.0 Å². The van der Waals surface area contributed by atoms with Gasteiger partial charge in [0, 0.05) is 12.3 Å². The Bertz CT molecular complexity index is 694. The molecular weight excluding hydrogens is 344 g/mol. The number of halogens is 2. The molecule has 0 spiro atoms. The average molecular weight is 363 g/mol. The van der Waals surface area contributed by atoms with Crippen molar-refractivity contribution >= 4 is 27.5 Å². The van der Waals surface area contributed by atoms with Crippen LogP contribution >= 0.6 is 11.8 Å². The minimum absolute atomic E-state index is 0.0454. The molecule has 0 aromatic heterocycles. The molecule has 2 unspecified atom stereocenters. The summed E-state index contributed by atoms with van der Waals surface area (Å²) < 4.78 is 49.1. The van der Waals surface area contributed by atoms with Gasteiger partial charge in [-0.1, -0.05) is 6.07 Å². The molecule has 0 bridgehead atoms. The second kappa shape index (κ2) is 7.17. The molecule has 1 amide bonds. The lowest BCUT2D eigenvalue weighted by molar-refractivity contribution is -0.128. The number of sulfone groups is 1. The van der Waals surface area contributed by atoms with Crippen molar-refractivity contribution in [3.63, 3.8) is 0 Å². The van der Waals surface area contributed by atoms with Crippen molar-refractivity contribution in [1.29, 1.82) is 0 Å². The molecule has 8 heteroatoms. The van der Waals surface area contributed by atoms with Crippen LogP contribution in [0.4, 0.5) is 8.78 Å². The Kier molecular flexibility index (Phi) is 5.67. The van der Waals surface area contributed by atoms with Gasteiger partial charge in [-0.2, -0.15) is 0 Å². The van der Waals surface area contributed by atoms with Gasteiger partial charge in [0.05, 0.1) is 23.3 Å². The van der Waals surface area contributed by atoms with Crippen LogP contribution in [-0.4, -0.2) is 48.8 Å². The smallest absolute Gasteiger partial charge is 0.232 e. The molecule has 1 heterocycles. The number of carbonyl (C=O) groups excluding carboxylic acids is 1. The molecule has 0 aliphatic carbocycles. The Morgan fingerprint density at radius 3 is 2.65 bits per heavy atom. The Morgan fingerprint density at radius 2 is 2.09 bits per heavy atom. The third-order valence-electron chi connectivity index (χ3n) is 4.03. The molecule has 2 rings (SSSR count). The summed E-state index contributed by atoms with van der Waals surface area (Å²) in [6, 6.07) is 3.17. The van der Waals surface area contributed by atoms with Crippen molar-refractivity contribution in [2.45, 2.75) is 24.6 Å². The van der Waals surface area contributed by atoms with Crippen LogP contribution in [0.1, 0.15) is 24.9 Å². The lowest BCUT2D eigenvalue weighted by Crippen LogP contribution is -2.31. The highest BCUT2D eigenvalue weighted by atomic mass is 32.2. The quantitative estimate of drug-likeness (QED) is 0.806. The van der Waals surface area contributed by atoms with Gasteiger partial charge in [-0.3, -0.25) is 4.79 Å². The number of nitrogens with zero attached hydrogens (tertiary/aromatic N) is 1. The lowest BCUT2D eigenvalue weighted by atomic mass is 10.1. The Morgan fingerprint density at radius 1 is 1.39 bits per heavy atom. The van der Waals surface area contributed by atoms with E-state index < -0.39 is 27.5 Å². The first-order chi connectivity index (χ1) is 10.7. The van der Waals surface area contributed by atoms with E-state index in [0.717, 1.165) is 12.1 Å². The van der Waals surface area contributed by atoms with E-state index in [4.69, 9.17) is 0 Å². The zero-order chi connectivity index (χ0) is 17.2. The minimum atomic E-state index is -2.95. The summed E-state index contributed by atoms with van der Waals surface area (Å²) in [4.78, 5) is 13.7. The van der Waals surface area contributed by atoms with E-state index in [1.807, 2.05) is 0 Å². The van der Waals surface area contributed by atoms with Crippen LogP contribution in [-0.2, 0) is 14.6 Å². The van der Waals surface area contributed by atoms with E-state index in [9.17, 15) is 22.0 Å². The highest BCUT2D eigenvalue weighted by Crippen LogP contribution is 2.26. The SMILES string of the molecule is CC(c1ccc(F)c(F)c1)N(C)C(=O)CSC1CCS(=O)(=O)C1. The van der Waals surface area contributed by atoms with Gasteiger partial charge in [0.25, 0.3) is 0 Å². The third kappa shape index (κ3) is 4.67. The summed E-state index contributed by atoms with van der Waals surface area (Å²) in [6.45, 7) is 1.73. The number of thioether (sulfide) groups is 1. The summed E-state index contributed by atoms with van der Waals surface area (Å²) in [5.74, 6) is -1.57. The molecule has 1 aliphatic rings. The average Bonchev–Trinajstić information content (AvgIpc) is 2.85. The number of benzene rings is 1. The Balaban J connectivity index is 1.92. The van der Waals surface area contributed by atoms with Crippen LogP contribution in [0.2, 0.25) is 0 Å². The number of amides is 1. The molecule has 0 N–H and O–H groups in total. The van der Waals surface area contributed by atoms with Gasteiger partial charge in [-0.05, 0) is 31.0 Å². The largest absolute Gasteiger partial charge is 0.338 e. The summed E-state index contributed by atoms with van der Waals surface area (Å²) in [6.07, 6.45) is 0.572. The van der Waals surface area contributed by atoms with E-state index in [2.05, 4.69) is 0 Å². The number of hydrogen-bond donors (Lipinski definition) is 0. The molecule has 128 valence electrons. The van der Waals surface area contributed by atoms with Crippen LogP contribution < -0.4 is 0 Å². The van der Waals surface area contributed by atoms with Crippen molar-refractivity contribution in [2.75, 3.05) is 24.3 Å². The number of rotatable bonds is 5. The van der Waals surface area contributed by atoms with Crippen molar-refractivity contribution in [3.05, 3.63) is 35.4 Å². The predicted octanol–water partition coefficient (Wildman–Crippen LogP) is 2.40. The molecule has 1 aliphatic heterocycles. The van der Waals surface area contributed by atoms with Crippen molar-refractivity contribution in [2.24, 2.45) is 0 Å². The van der Waals surface area contributed by atoms with Crippen LogP contribution in [0.5, 0.6) is 0 Å². The van der Waals surface area contributed by atoms with Crippen LogP contribution in [0.15, 0.2) is 18.2 Å². The number of hydrogen-bond acceptors (Lipinski definition) is 4. The van der Waals surface area contributed by atoms with Crippen molar-refractivity contribution in [1.82, 2.24) is 4.90 Å². The van der Waals surface area contributed by atoms with Gasteiger partial charge in [0.1, 0.15) is 0 Å². The van der Waals surface area contributed by atoms with E-state index in [0.29, 0.717) is 12.0 Å². The zero-order valence-electron chi connectivity index (χ0n) is 13.0. The maximum Gasteiger partial charge on any atom is 0.232 e. The van der Waals surface area contributed by atoms with Crippen LogP contribution in [0, 0.1) is 11.6 Å². The minimum Gasteiger partial charge on any atom is -0.338 e. The monoisotopic (exact) mass is 363 g/mol. The molecule has 2 atom stereocenters. The fraction of sp³-hybridized carbons (Fsp3) is 0.533. The summed E-state index contributed by atoms with van der Waals surface area (Å²) >= 11 is 1.34. The van der Waals surface area contributed by atoms with Crippen molar-refractivity contribution in [3.8, 4) is 0 Å². The van der Waals surface area contributed by atoms with Crippen LogP contribution in [0.25, 0.3) is 0 Å². The topological polar surface area (TPSA) is 54.5 Å². The summed E-state index contributed by atoms with van der Waals surface area (Å²) in [5.41, 5.74) is 0.508. The van der Waals surface area contributed by atoms with Gasteiger partial charge < -0.3 is 4.90 Å². The van der Waals surface area contributed by atoms with Crippen molar-refractivity contribution < 1.29 is 22.0 Å². The normalized spacial score (nSPS) is 21.1. The molecule has 1 saturated heterocycles. The van der Waals surface area contributed by atoms with Gasteiger partial charge >= 0.3 is 0 Å². The molecule has 0 radical (unpaired) electrons. The standard InChI is InChI=1S/C15H19F2NO3S2/c1-10(11-3-4-13(16)14(17)7-11)18(2)15(19)8-22-12-5-6-23(20,21)9-12/h3-4,7,10,12H,5-6,8-9H2,1-2H3. The molecule has 1 aromatic carbocycles. The van der Waals surface area contributed by atoms with Gasteiger partial charge in [0.15, 0.2) is 21.5 Å².